The number of carbonyl (C=O) groups excluding carboxylic acids is 2. The fourth-order valence-electron chi connectivity index (χ4n) is 4.67. The van der Waals surface area contributed by atoms with Crippen molar-refractivity contribution in [2.45, 2.75) is 70.6 Å². The van der Waals surface area contributed by atoms with E-state index in [1.54, 1.807) is 0 Å². The second kappa shape index (κ2) is 12.8. The highest BCUT2D eigenvalue weighted by Crippen LogP contribution is 2.41. The van der Waals surface area contributed by atoms with Crippen molar-refractivity contribution >= 4 is 17.7 Å². The average Bonchev–Trinajstić information content (AvgIpc) is 2.75. The minimum absolute atomic E-state index is 0.0230. The van der Waals surface area contributed by atoms with Gasteiger partial charge in [0.2, 0.25) is 0 Å². The maximum atomic E-state index is 12.3. The lowest BCUT2D eigenvalue weighted by Crippen LogP contribution is -2.30. The predicted octanol–water partition coefficient (Wildman–Crippen LogP) is 4.17. The van der Waals surface area contributed by atoms with Gasteiger partial charge in [-0.1, -0.05) is 6.58 Å². The number of carboxylic acid groups (broad SMARTS) is 1. The van der Waals surface area contributed by atoms with Gasteiger partial charge in [-0.15, -0.1) is 0 Å². The number of esters is 1. The summed E-state index contributed by atoms with van der Waals surface area (Å²) in [6.45, 7) is 4.46. The van der Waals surface area contributed by atoms with Crippen molar-refractivity contribution in [1.82, 2.24) is 0 Å². The Hall–Kier alpha value is -1.69. The van der Waals surface area contributed by atoms with E-state index >= 15 is 0 Å². The zero-order chi connectivity index (χ0) is 21.1. The van der Waals surface area contributed by atoms with Gasteiger partial charge in [-0.2, -0.15) is 0 Å². The third-order valence-electron chi connectivity index (χ3n) is 6.54. The first kappa shape index (κ1) is 23.6. The zero-order valence-corrected chi connectivity index (χ0v) is 17.5. The summed E-state index contributed by atoms with van der Waals surface area (Å²) in [5, 5.41) is 9.13. The molecule has 0 radical (unpaired) electrons. The molecule has 0 saturated heterocycles. The van der Waals surface area contributed by atoms with Gasteiger partial charge in [-0.25, -0.2) is 0 Å². The van der Waals surface area contributed by atoms with Crippen molar-refractivity contribution in [3.63, 3.8) is 0 Å². The third kappa shape index (κ3) is 8.29. The highest BCUT2D eigenvalue weighted by Gasteiger charge is 2.34. The van der Waals surface area contributed by atoms with Crippen LogP contribution in [0.2, 0.25) is 0 Å². The number of carboxylic acids is 1. The fraction of sp³-hybridized carbons (Fsp3) is 0.783. The Bertz CT molecular complexity index is 542. The number of carbonyl (C=O) groups is 3. The first-order valence-electron chi connectivity index (χ1n) is 11.1. The van der Waals surface area contributed by atoms with Crippen molar-refractivity contribution in [2.24, 2.45) is 23.7 Å². The van der Waals surface area contributed by atoms with Crippen LogP contribution < -0.4 is 0 Å². The standard InChI is InChI=1S/C23H36O6/c1-2-21(24)16-28-14-4-3-5-15-29-23(27)20-12-8-18(9-13-20)17-6-10-19(11-7-17)22(25)26/h2,17-20H,1,3-16H2,(H,25,26). The van der Waals surface area contributed by atoms with Crippen LogP contribution >= 0.6 is 0 Å². The highest BCUT2D eigenvalue weighted by molar-refractivity contribution is 5.90. The summed E-state index contributed by atoms with van der Waals surface area (Å²) in [6, 6.07) is 0. The van der Waals surface area contributed by atoms with E-state index in [1.165, 1.54) is 6.08 Å². The lowest BCUT2D eigenvalue weighted by molar-refractivity contribution is -0.150. The van der Waals surface area contributed by atoms with Gasteiger partial charge in [0, 0.05) is 6.61 Å². The summed E-state index contributed by atoms with van der Waals surface area (Å²) >= 11 is 0. The molecule has 29 heavy (non-hydrogen) atoms. The summed E-state index contributed by atoms with van der Waals surface area (Å²) in [5.41, 5.74) is 0. The molecule has 2 aliphatic carbocycles. The molecular weight excluding hydrogens is 372 g/mol. The minimum Gasteiger partial charge on any atom is -0.481 e. The Balaban J connectivity index is 1.51. The van der Waals surface area contributed by atoms with Crippen LogP contribution in [0.3, 0.4) is 0 Å². The van der Waals surface area contributed by atoms with E-state index in [0.29, 0.717) is 25.0 Å². The van der Waals surface area contributed by atoms with E-state index in [0.717, 1.165) is 70.6 Å². The van der Waals surface area contributed by atoms with E-state index in [1.807, 2.05) is 0 Å². The first-order chi connectivity index (χ1) is 14.0. The molecule has 2 aliphatic rings. The maximum absolute atomic E-state index is 12.3. The van der Waals surface area contributed by atoms with E-state index in [9.17, 15) is 14.4 Å². The van der Waals surface area contributed by atoms with Crippen molar-refractivity contribution in [1.29, 1.82) is 0 Å². The van der Waals surface area contributed by atoms with Crippen molar-refractivity contribution in [3.8, 4) is 0 Å². The van der Waals surface area contributed by atoms with Crippen LogP contribution in [0, 0.1) is 23.7 Å². The molecule has 2 saturated carbocycles. The van der Waals surface area contributed by atoms with Crippen LogP contribution in [0.5, 0.6) is 0 Å². The molecule has 0 bridgehead atoms. The van der Waals surface area contributed by atoms with Crippen LogP contribution in [-0.2, 0) is 23.9 Å². The smallest absolute Gasteiger partial charge is 0.308 e. The summed E-state index contributed by atoms with van der Waals surface area (Å²) in [6.07, 6.45) is 11.4. The topological polar surface area (TPSA) is 89.9 Å². The molecule has 164 valence electrons. The molecule has 0 atom stereocenters. The molecule has 0 heterocycles. The van der Waals surface area contributed by atoms with E-state index < -0.39 is 5.97 Å². The number of aliphatic carboxylic acids is 1. The summed E-state index contributed by atoms with van der Waals surface area (Å²) < 4.78 is 10.7. The van der Waals surface area contributed by atoms with Crippen LogP contribution in [0.1, 0.15) is 70.6 Å². The van der Waals surface area contributed by atoms with Gasteiger partial charge in [-0.3, -0.25) is 14.4 Å². The van der Waals surface area contributed by atoms with E-state index in [2.05, 4.69) is 6.58 Å². The monoisotopic (exact) mass is 408 g/mol. The Labute approximate surface area is 174 Å². The lowest BCUT2D eigenvalue weighted by Gasteiger charge is -2.36. The second-order valence-electron chi connectivity index (χ2n) is 8.51. The van der Waals surface area contributed by atoms with Crippen molar-refractivity contribution < 1.29 is 29.0 Å². The van der Waals surface area contributed by atoms with Crippen LogP contribution in [0.25, 0.3) is 0 Å². The molecule has 6 nitrogen and oxygen atoms in total. The van der Waals surface area contributed by atoms with Gasteiger partial charge in [0.25, 0.3) is 0 Å². The quantitative estimate of drug-likeness (QED) is 0.296. The van der Waals surface area contributed by atoms with Gasteiger partial charge in [0.1, 0.15) is 6.61 Å². The van der Waals surface area contributed by atoms with Gasteiger partial charge in [0.15, 0.2) is 5.78 Å². The number of rotatable bonds is 12. The molecule has 0 amide bonds. The summed E-state index contributed by atoms with van der Waals surface area (Å²) in [4.78, 5) is 34.4. The Kier molecular flexibility index (Phi) is 10.4. The van der Waals surface area contributed by atoms with Crippen LogP contribution in [-0.4, -0.2) is 42.6 Å². The number of ether oxygens (including phenoxy) is 2. The molecular formula is C23H36O6. The molecule has 2 fully saturated rings. The predicted molar refractivity (Wildman–Crippen MR) is 109 cm³/mol. The summed E-state index contributed by atoms with van der Waals surface area (Å²) in [7, 11) is 0. The molecule has 6 heteroatoms. The van der Waals surface area contributed by atoms with Gasteiger partial charge in [-0.05, 0) is 88.5 Å². The fourth-order valence-corrected chi connectivity index (χ4v) is 4.67. The highest BCUT2D eigenvalue weighted by atomic mass is 16.5. The molecule has 2 rings (SSSR count). The third-order valence-corrected chi connectivity index (χ3v) is 6.54. The first-order valence-corrected chi connectivity index (χ1v) is 11.1. The van der Waals surface area contributed by atoms with Crippen LogP contribution in [0.15, 0.2) is 12.7 Å². The van der Waals surface area contributed by atoms with Gasteiger partial charge in [0.05, 0.1) is 18.4 Å². The number of hydrogen-bond acceptors (Lipinski definition) is 5. The molecule has 0 aromatic heterocycles. The van der Waals surface area contributed by atoms with Gasteiger partial charge >= 0.3 is 11.9 Å². The largest absolute Gasteiger partial charge is 0.481 e. The Morgan fingerprint density at radius 3 is 1.93 bits per heavy atom. The lowest BCUT2D eigenvalue weighted by atomic mass is 9.69. The molecule has 0 spiro atoms. The summed E-state index contributed by atoms with van der Waals surface area (Å²) in [5.74, 6) is 0.319. The Morgan fingerprint density at radius 2 is 1.38 bits per heavy atom. The van der Waals surface area contributed by atoms with Crippen LogP contribution in [0.4, 0.5) is 0 Å². The second-order valence-corrected chi connectivity index (χ2v) is 8.51. The number of ketones is 1. The Morgan fingerprint density at radius 1 is 0.828 bits per heavy atom. The van der Waals surface area contributed by atoms with E-state index in [-0.39, 0.29) is 30.2 Å². The van der Waals surface area contributed by atoms with E-state index in [4.69, 9.17) is 14.6 Å². The number of unbranched alkanes of at least 4 members (excludes halogenated alkanes) is 2. The van der Waals surface area contributed by atoms with Gasteiger partial charge < -0.3 is 14.6 Å². The molecule has 0 aromatic carbocycles. The molecule has 1 N–H and O–H groups in total. The minimum atomic E-state index is -0.648. The van der Waals surface area contributed by atoms with Crippen molar-refractivity contribution in [3.05, 3.63) is 12.7 Å². The number of hydrogen-bond donors (Lipinski definition) is 1. The zero-order valence-electron chi connectivity index (χ0n) is 17.5. The normalized spacial score (nSPS) is 27.2. The maximum Gasteiger partial charge on any atom is 0.308 e. The molecule has 0 unspecified atom stereocenters. The molecule has 0 aliphatic heterocycles. The van der Waals surface area contributed by atoms with Crippen molar-refractivity contribution in [2.75, 3.05) is 19.8 Å². The SMILES string of the molecule is C=CC(=O)COCCCCCOC(=O)C1CCC(C2CCC(C(=O)O)CC2)CC1. The average molecular weight is 409 g/mol. The molecule has 0 aromatic rings.